The van der Waals surface area contributed by atoms with Gasteiger partial charge in [-0.3, -0.25) is 4.79 Å². The van der Waals surface area contributed by atoms with Crippen LogP contribution in [0.15, 0.2) is 42.5 Å². The van der Waals surface area contributed by atoms with Crippen LogP contribution < -0.4 is 9.47 Å². The number of halogens is 1. The van der Waals surface area contributed by atoms with E-state index in [1.807, 2.05) is 30.3 Å². The van der Waals surface area contributed by atoms with Crippen LogP contribution in [0.1, 0.15) is 22.3 Å². The summed E-state index contributed by atoms with van der Waals surface area (Å²) in [5.74, 6) is 0.938. The van der Waals surface area contributed by atoms with Gasteiger partial charge in [0, 0.05) is 12.0 Å². The van der Waals surface area contributed by atoms with E-state index in [-0.39, 0.29) is 5.78 Å². The molecule has 110 valence electrons. The highest BCUT2D eigenvalue weighted by Crippen LogP contribution is 2.36. The lowest BCUT2D eigenvalue weighted by Crippen LogP contribution is -2.03. The maximum Gasteiger partial charge on any atom is 0.179 e. The van der Waals surface area contributed by atoms with E-state index < -0.39 is 0 Å². The van der Waals surface area contributed by atoms with Gasteiger partial charge in [-0.1, -0.05) is 41.9 Å². The molecule has 0 saturated carbocycles. The molecule has 3 nitrogen and oxygen atoms in total. The summed E-state index contributed by atoms with van der Waals surface area (Å²) in [6, 6.07) is 13.2. The molecule has 0 unspecified atom stereocenters. The minimum atomic E-state index is 0.0294. The van der Waals surface area contributed by atoms with Gasteiger partial charge in [-0.05, 0) is 24.1 Å². The monoisotopic (exact) mass is 304 g/mol. The van der Waals surface area contributed by atoms with Crippen LogP contribution in [0.2, 0.25) is 5.02 Å². The number of benzene rings is 2. The van der Waals surface area contributed by atoms with Crippen LogP contribution in [0.4, 0.5) is 0 Å². The van der Waals surface area contributed by atoms with Crippen molar-refractivity contribution in [1.29, 1.82) is 0 Å². The lowest BCUT2D eigenvalue weighted by molar-refractivity contribution is 0.0982. The Morgan fingerprint density at radius 3 is 2.43 bits per heavy atom. The molecule has 0 spiro atoms. The van der Waals surface area contributed by atoms with E-state index >= 15 is 0 Å². The lowest BCUT2D eigenvalue weighted by Gasteiger charge is -2.11. The molecule has 0 aliphatic heterocycles. The van der Waals surface area contributed by atoms with E-state index in [0.717, 1.165) is 5.56 Å². The number of aryl methyl sites for hydroxylation is 1. The zero-order valence-corrected chi connectivity index (χ0v) is 12.8. The summed E-state index contributed by atoms with van der Waals surface area (Å²) in [5.41, 5.74) is 1.67. The van der Waals surface area contributed by atoms with Crippen LogP contribution in [0, 0.1) is 0 Å². The van der Waals surface area contributed by atoms with Crippen molar-refractivity contribution in [2.45, 2.75) is 12.8 Å². The molecule has 4 heteroatoms. The second-order valence-electron chi connectivity index (χ2n) is 4.60. The van der Waals surface area contributed by atoms with Crippen molar-refractivity contribution in [1.82, 2.24) is 0 Å². The fraction of sp³-hybridized carbons (Fsp3) is 0.235. The number of rotatable bonds is 6. The van der Waals surface area contributed by atoms with Crippen molar-refractivity contribution in [3.05, 3.63) is 58.6 Å². The zero-order valence-electron chi connectivity index (χ0n) is 12.1. The number of carbonyl (C=O) groups excluding carboxylic acids is 1. The molecular weight excluding hydrogens is 288 g/mol. The third-order valence-corrected chi connectivity index (χ3v) is 3.52. The molecular formula is C17H17ClO3. The van der Waals surface area contributed by atoms with Crippen molar-refractivity contribution >= 4 is 17.4 Å². The third-order valence-electron chi connectivity index (χ3n) is 3.24. The largest absolute Gasteiger partial charge is 0.493 e. The molecule has 21 heavy (non-hydrogen) atoms. The quantitative estimate of drug-likeness (QED) is 0.751. The summed E-state index contributed by atoms with van der Waals surface area (Å²) >= 11 is 6.12. The molecule has 0 atom stereocenters. The average Bonchev–Trinajstić information content (AvgIpc) is 2.52. The molecule has 0 heterocycles. The number of hydrogen-bond donors (Lipinski definition) is 0. The van der Waals surface area contributed by atoms with Crippen LogP contribution in [0.25, 0.3) is 0 Å². The Hall–Kier alpha value is -2.00. The second-order valence-corrected chi connectivity index (χ2v) is 5.01. The van der Waals surface area contributed by atoms with E-state index in [1.54, 1.807) is 12.1 Å². The van der Waals surface area contributed by atoms with Crippen LogP contribution in [0.3, 0.4) is 0 Å². The van der Waals surface area contributed by atoms with Gasteiger partial charge in [0.25, 0.3) is 0 Å². The first kappa shape index (κ1) is 15.4. The summed E-state index contributed by atoms with van der Waals surface area (Å²) in [6.45, 7) is 0. The number of Topliss-reactive ketones (excluding diaryl/α,β-unsaturated/α-hetero) is 1. The highest BCUT2D eigenvalue weighted by Gasteiger charge is 2.15. The van der Waals surface area contributed by atoms with Gasteiger partial charge < -0.3 is 9.47 Å². The zero-order chi connectivity index (χ0) is 15.2. The Bertz CT molecular complexity index is 623. The van der Waals surface area contributed by atoms with Crippen LogP contribution in [-0.2, 0) is 6.42 Å². The van der Waals surface area contributed by atoms with Crippen LogP contribution >= 0.6 is 11.6 Å². The number of ether oxygens (including phenoxy) is 2. The molecule has 2 rings (SSSR count). The minimum Gasteiger partial charge on any atom is -0.493 e. The maximum absolute atomic E-state index is 12.3. The van der Waals surface area contributed by atoms with E-state index in [1.165, 1.54) is 14.2 Å². The SMILES string of the molecule is COc1cc(C(=O)CCc2ccccc2)cc(Cl)c1OC. The van der Waals surface area contributed by atoms with Crippen molar-refractivity contribution in [2.75, 3.05) is 14.2 Å². The first-order valence-electron chi connectivity index (χ1n) is 6.64. The van der Waals surface area contributed by atoms with Gasteiger partial charge in [-0.2, -0.15) is 0 Å². The maximum atomic E-state index is 12.3. The Labute approximate surface area is 129 Å². The Kier molecular flexibility index (Phi) is 5.23. The predicted molar refractivity (Wildman–Crippen MR) is 83.6 cm³/mol. The normalized spacial score (nSPS) is 10.2. The van der Waals surface area contributed by atoms with Crippen molar-refractivity contribution < 1.29 is 14.3 Å². The highest BCUT2D eigenvalue weighted by atomic mass is 35.5. The van der Waals surface area contributed by atoms with Gasteiger partial charge >= 0.3 is 0 Å². The summed E-state index contributed by atoms with van der Waals surface area (Å²) < 4.78 is 10.4. The number of hydrogen-bond acceptors (Lipinski definition) is 3. The van der Waals surface area contributed by atoms with Gasteiger partial charge in [0.05, 0.1) is 19.2 Å². The number of methoxy groups -OCH3 is 2. The van der Waals surface area contributed by atoms with Crippen LogP contribution in [0.5, 0.6) is 11.5 Å². The Balaban J connectivity index is 2.14. The van der Waals surface area contributed by atoms with Crippen molar-refractivity contribution in [3.8, 4) is 11.5 Å². The van der Waals surface area contributed by atoms with Gasteiger partial charge in [-0.15, -0.1) is 0 Å². The molecule has 2 aromatic rings. The standard InChI is InChI=1S/C17H17ClO3/c1-20-16-11-13(10-14(18)17(16)21-2)15(19)9-8-12-6-4-3-5-7-12/h3-7,10-11H,8-9H2,1-2H3. The molecule has 0 N–H and O–H groups in total. The molecule has 2 aromatic carbocycles. The summed E-state index contributed by atoms with van der Waals surface area (Å²) in [6.07, 6.45) is 1.13. The second kappa shape index (κ2) is 7.14. The van der Waals surface area contributed by atoms with Crippen molar-refractivity contribution in [3.63, 3.8) is 0 Å². The summed E-state index contributed by atoms with van der Waals surface area (Å²) in [5, 5.41) is 0.375. The van der Waals surface area contributed by atoms with Gasteiger partial charge in [0.1, 0.15) is 0 Å². The first-order chi connectivity index (χ1) is 10.2. The molecule has 0 fully saturated rings. The van der Waals surface area contributed by atoms with E-state index in [0.29, 0.717) is 34.9 Å². The fourth-order valence-electron chi connectivity index (χ4n) is 2.13. The van der Waals surface area contributed by atoms with Crippen molar-refractivity contribution in [2.24, 2.45) is 0 Å². The summed E-state index contributed by atoms with van der Waals surface area (Å²) in [7, 11) is 3.03. The molecule has 0 aliphatic rings. The fourth-order valence-corrected chi connectivity index (χ4v) is 2.41. The molecule has 0 bridgehead atoms. The van der Waals surface area contributed by atoms with Crippen LogP contribution in [-0.4, -0.2) is 20.0 Å². The van der Waals surface area contributed by atoms with E-state index in [4.69, 9.17) is 21.1 Å². The molecule has 0 amide bonds. The number of ketones is 1. The minimum absolute atomic E-state index is 0.0294. The topological polar surface area (TPSA) is 35.5 Å². The number of carbonyl (C=O) groups is 1. The van der Waals surface area contributed by atoms with Gasteiger partial charge in [0.2, 0.25) is 0 Å². The third kappa shape index (κ3) is 3.76. The molecule has 0 aliphatic carbocycles. The smallest absolute Gasteiger partial charge is 0.179 e. The molecule has 0 radical (unpaired) electrons. The van der Waals surface area contributed by atoms with E-state index in [9.17, 15) is 4.79 Å². The highest BCUT2D eigenvalue weighted by molar-refractivity contribution is 6.32. The Morgan fingerprint density at radius 1 is 1.10 bits per heavy atom. The summed E-state index contributed by atoms with van der Waals surface area (Å²) in [4.78, 5) is 12.3. The Morgan fingerprint density at radius 2 is 1.81 bits per heavy atom. The predicted octanol–water partition coefficient (Wildman–Crippen LogP) is 4.17. The first-order valence-corrected chi connectivity index (χ1v) is 7.02. The lowest BCUT2D eigenvalue weighted by atomic mass is 10.0. The molecule has 0 saturated heterocycles. The molecule has 0 aromatic heterocycles. The van der Waals surface area contributed by atoms with Gasteiger partial charge in [0.15, 0.2) is 17.3 Å². The average molecular weight is 305 g/mol. The van der Waals surface area contributed by atoms with Gasteiger partial charge in [-0.25, -0.2) is 0 Å². The van der Waals surface area contributed by atoms with E-state index in [2.05, 4.69) is 0 Å².